The van der Waals surface area contributed by atoms with Gasteiger partial charge in [-0.15, -0.1) is 0 Å². The van der Waals surface area contributed by atoms with Crippen molar-refractivity contribution < 1.29 is 23.9 Å². The van der Waals surface area contributed by atoms with Crippen LogP contribution >= 0.6 is 0 Å². The highest BCUT2D eigenvalue weighted by molar-refractivity contribution is 5.87. The van der Waals surface area contributed by atoms with E-state index in [-0.39, 0.29) is 24.4 Å². The fourth-order valence-corrected chi connectivity index (χ4v) is 4.11. The smallest absolute Gasteiger partial charge is 0.410 e. The Kier molecular flexibility index (Phi) is 7.20. The molecule has 0 saturated carbocycles. The minimum Gasteiger partial charge on any atom is -0.460 e. The van der Waals surface area contributed by atoms with E-state index in [0.29, 0.717) is 32.4 Å². The van der Waals surface area contributed by atoms with Gasteiger partial charge in [0.2, 0.25) is 5.91 Å². The monoisotopic (exact) mass is 431 g/mol. The van der Waals surface area contributed by atoms with Crippen LogP contribution in [0.1, 0.15) is 52.0 Å². The van der Waals surface area contributed by atoms with Gasteiger partial charge in [-0.1, -0.05) is 30.3 Å². The van der Waals surface area contributed by atoms with Crippen LogP contribution in [-0.4, -0.2) is 58.7 Å². The summed E-state index contributed by atoms with van der Waals surface area (Å²) in [5.41, 5.74) is 6.59. The van der Waals surface area contributed by atoms with Gasteiger partial charge in [0.05, 0.1) is 12.1 Å². The van der Waals surface area contributed by atoms with E-state index >= 15 is 0 Å². The topological polar surface area (TPSA) is 102 Å². The molecule has 2 amide bonds. The molecular weight excluding hydrogens is 398 g/mol. The molecule has 2 N–H and O–H groups in total. The second-order valence-electron chi connectivity index (χ2n) is 9.25. The molecule has 8 heteroatoms. The zero-order chi connectivity index (χ0) is 22.6. The first-order valence-corrected chi connectivity index (χ1v) is 10.9. The number of ether oxygens (including phenoxy) is 2. The van der Waals surface area contributed by atoms with E-state index in [9.17, 15) is 14.4 Å². The third-order valence-corrected chi connectivity index (χ3v) is 5.65. The van der Waals surface area contributed by atoms with Crippen LogP contribution in [0.3, 0.4) is 0 Å². The molecule has 31 heavy (non-hydrogen) atoms. The number of carbonyl (C=O) groups is 3. The molecule has 170 valence electrons. The van der Waals surface area contributed by atoms with Gasteiger partial charge in [-0.3, -0.25) is 14.5 Å². The molecule has 0 spiro atoms. The number of esters is 1. The minimum atomic E-state index is -0.582. The summed E-state index contributed by atoms with van der Waals surface area (Å²) in [6.45, 7) is 6.50. The number of amides is 2. The molecule has 0 radical (unpaired) electrons. The van der Waals surface area contributed by atoms with E-state index in [4.69, 9.17) is 15.2 Å². The first kappa shape index (κ1) is 23.1. The van der Waals surface area contributed by atoms with Crippen molar-refractivity contribution in [1.29, 1.82) is 0 Å². The Bertz CT molecular complexity index is 792. The Morgan fingerprint density at radius 3 is 2.42 bits per heavy atom. The average molecular weight is 432 g/mol. The van der Waals surface area contributed by atoms with Crippen LogP contribution in [0.4, 0.5) is 4.79 Å². The van der Waals surface area contributed by atoms with Gasteiger partial charge in [0.15, 0.2) is 0 Å². The Balaban J connectivity index is 1.56. The van der Waals surface area contributed by atoms with Crippen molar-refractivity contribution in [3.8, 4) is 0 Å². The minimum absolute atomic E-state index is 0.165. The van der Waals surface area contributed by atoms with Crippen molar-refractivity contribution in [2.75, 3.05) is 13.1 Å². The van der Waals surface area contributed by atoms with Gasteiger partial charge in [0.1, 0.15) is 18.2 Å². The van der Waals surface area contributed by atoms with Gasteiger partial charge in [0.25, 0.3) is 0 Å². The van der Waals surface area contributed by atoms with Crippen molar-refractivity contribution in [3.63, 3.8) is 0 Å². The summed E-state index contributed by atoms with van der Waals surface area (Å²) in [6, 6.07) is 8.85. The first-order chi connectivity index (χ1) is 14.7. The third-order valence-electron chi connectivity index (χ3n) is 5.65. The lowest BCUT2D eigenvalue weighted by atomic mass is 9.93. The summed E-state index contributed by atoms with van der Waals surface area (Å²) in [5, 5.41) is 0. The summed E-state index contributed by atoms with van der Waals surface area (Å²) in [5.74, 6) is -0.778. The molecule has 2 aliphatic rings. The number of piperidine rings is 1. The molecule has 0 bridgehead atoms. The molecule has 1 aromatic carbocycles. The van der Waals surface area contributed by atoms with Gasteiger partial charge in [-0.2, -0.15) is 0 Å². The Hall–Kier alpha value is -2.61. The average Bonchev–Trinajstić information content (AvgIpc) is 3.21. The van der Waals surface area contributed by atoms with Crippen molar-refractivity contribution in [3.05, 3.63) is 35.9 Å². The molecular formula is C23H33N3O5. The van der Waals surface area contributed by atoms with Crippen LogP contribution in [0.5, 0.6) is 0 Å². The summed E-state index contributed by atoms with van der Waals surface area (Å²) in [7, 11) is 0. The maximum absolute atomic E-state index is 13.2. The van der Waals surface area contributed by atoms with E-state index in [1.807, 2.05) is 51.1 Å². The zero-order valence-electron chi connectivity index (χ0n) is 18.6. The molecule has 2 fully saturated rings. The Labute approximate surface area is 183 Å². The van der Waals surface area contributed by atoms with Crippen LogP contribution in [0.25, 0.3) is 0 Å². The van der Waals surface area contributed by atoms with Crippen LogP contribution in [0.15, 0.2) is 30.3 Å². The van der Waals surface area contributed by atoms with Crippen LogP contribution in [0, 0.1) is 5.92 Å². The highest BCUT2D eigenvalue weighted by Crippen LogP contribution is 2.27. The highest BCUT2D eigenvalue weighted by Gasteiger charge is 2.41. The summed E-state index contributed by atoms with van der Waals surface area (Å²) < 4.78 is 10.9. The third kappa shape index (κ3) is 5.97. The quantitative estimate of drug-likeness (QED) is 0.736. The van der Waals surface area contributed by atoms with E-state index in [2.05, 4.69) is 0 Å². The number of hydrogen-bond donors (Lipinski definition) is 1. The van der Waals surface area contributed by atoms with Crippen molar-refractivity contribution in [1.82, 2.24) is 9.80 Å². The number of likely N-dealkylation sites (tertiary alicyclic amines) is 2. The maximum Gasteiger partial charge on any atom is 0.410 e. The number of nitrogens with two attached hydrogens (primary N) is 1. The van der Waals surface area contributed by atoms with Gasteiger partial charge in [-0.25, -0.2) is 4.79 Å². The molecule has 8 nitrogen and oxygen atoms in total. The Morgan fingerprint density at radius 2 is 1.77 bits per heavy atom. The van der Waals surface area contributed by atoms with Gasteiger partial charge in [0, 0.05) is 13.1 Å². The lowest BCUT2D eigenvalue weighted by Crippen LogP contribution is -2.57. The van der Waals surface area contributed by atoms with E-state index in [1.54, 1.807) is 4.90 Å². The van der Waals surface area contributed by atoms with Crippen LogP contribution < -0.4 is 5.73 Å². The Morgan fingerprint density at radius 1 is 1.06 bits per heavy atom. The normalized spacial score (nSPS) is 24.1. The van der Waals surface area contributed by atoms with E-state index < -0.39 is 23.9 Å². The molecule has 3 unspecified atom stereocenters. The maximum atomic E-state index is 13.2. The summed E-state index contributed by atoms with van der Waals surface area (Å²) >= 11 is 0. The fourth-order valence-electron chi connectivity index (χ4n) is 4.11. The van der Waals surface area contributed by atoms with Crippen LogP contribution in [0.2, 0.25) is 0 Å². The summed E-state index contributed by atoms with van der Waals surface area (Å²) in [4.78, 5) is 41.3. The van der Waals surface area contributed by atoms with E-state index in [0.717, 1.165) is 12.0 Å². The van der Waals surface area contributed by atoms with Gasteiger partial charge < -0.3 is 20.1 Å². The largest absolute Gasteiger partial charge is 0.460 e. The predicted octanol–water partition coefficient (Wildman–Crippen LogP) is 2.65. The number of hydrogen-bond acceptors (Lipinski definition) is 6. The SMILES string of the molecule is CC(C)(C)OC(=O)C1CCN(C(=O)C2CCCN2C(=O)OCc2ccccc2)C(N)C1. The second kappa shape index (κ2) is 9.68. The number of rotatable bonds is 4. The molecule has 0 aromatic heterocycles. The first-order valence-electron chi connectivity index (χ1n) is 10.9. The molecule has 3 atom stereocenters. The number of carbonyl (C=O) groups excluding carboxylic acids is 3. The molecule has 0 aliphatic carbocycles. The van der Waals surface area contributed by atoms with Gasteiger partial charge in [-0.05, 0) is 52.0 Å². The standard InChI is InChI=1S/C23H33N3O5/c1-23(2,3)31-21(28)17-11-13-26(19(24)14-17)20(27)18-10-7-12-25(18)22(29)30-15-16-8-5-4-6-9-16/h4-6,8-9,17-19H,7,10-15,24H2,1-3H3. The molecule has 2 aliphatic heterocycles. The second-order valence-corrected chi connectivity index (χ2v) is 9.25. The number of nitrogens with zero attached hydrogens (tertiary/aromatic N) is 2. The molecule has 2 heterocycles. The predicted molar refractivity (Wildman–Crippen MR) is 115 cm³/mol. The molecule has 1 aromatic rings. The van der Waals surface area contributed by atoms with Crippen molar-refractivity contribution in [2.45, 2.75) is 70.9 Å². The molecule has 2 saturated heterocycles. The lowest BCUT2D eigenvalue weighted by Gasteiger charge is -2.39. The highest BCUT2D eigenvalue weighted by atomic mass is 16.6. The number of benzene rings is 1. The van der Waals surface area contributed by atoms with Crippen LogP contribution in [-0.2, 0) is 25.7 Å². The molecule has 3 rings (SSSR count). The van der Waals surface area contributed by atoms with Crippen molar-refractivity contribution in [2.24, 2.45) is 11.7 Å². The van der Waals surface area contributed by atoms with Crippen molar-refractivity contribution >= 4 is 18.0 Å². The zero-order valence-corrected chi connectivity index (χ0v) is 18.6. The van der Waals surface area contributed by atoms with E-state index in [1.165, 1.54) is 4.90 Å². The summed E-state index contributed by atoms with van der Waals surface area (Å²) in [6.07, 6.45) is 1.10. The lowest BCUT2D eigenvalue weighted by molar-refractivity contribution is -0.164. The van der Waals surface area contributed by atoms with Gasteiger partial charge >= 0.3 is 12.1 Å². The fraction of sp³-hybridized carbons (Fsp3) is 0.609.